The van der Waals surface area contributed by atoms with Crippen LogP contribution in [0.5, 0.6) is 0 Å². The highest BCUT2D eigenvalue weighted by molar-refractivity contribution is 6.34. The summed E-state index contributed by atoms with van der Waals surface area (Å²) >= 11 is 6.31. The Morgan fingerprint density at radius 2 is 2.24 bits per heavy atom. The van der Waals surface area contributed by atoms with Crippen LogP contribution in [0.4, 0.5) is 4.79 Å². The third-order valence-corrected chi connectivity index (χ3v) is 3.76. The van der Waals surface area contributed by atoms with Crippen LogP contribution in [-0.2, 0) is 4.74 Å². The molecule has 0 fully saturated rings. The topological polar surface area (TPSA) is 67.8 Å². The van der Waals surface area contributed by atoms with Crippen molar-refractivity contribution in [3.8, 4) is 0 Å². The number of methoxy groups -OCH3 is 1. The molecule has 1 aliphatic carbocycles. The van der Waals surface area contributed by atoms with E-state index >= 15 is 0 Å². The molecule has 0 radical (unpaired) electrons. The molecule has 1 unspecified atom stereocenters. The zero-order chi connectivity index (χ0) is 15.0. The minimum absolute atomic E-state index is 0.144. The van der Waals surface area contributed by atoms with Crippen LogP contribution in [0.25, 0.3) is 0 Å². The number of rotatable bonds is 2. The van der Waals surface area contributed by atoms with Crippen molar-refractivity contribution >= 4 is 29.3 Å². The Balaban J connectivity index is 2.00. The first-order valence-electron chi connectivity index (χ1n) is 6.27. The van der Waals surface area contributed by atoms with Crippen molar-refractivity contribution in [1.82, 2.24) is 5.32 Å². The molecular weight excluding hydrogens is 292 g/mol. The summed E-state index contributed by atoms with van der Waals surface area (Å²) in [5.41, 5.74) is 2.35. The van der Waals surface area contributed by atoms with Crippen molar-refractivity contribution in [1.29, 1.82) is 0 Å². The maximum absolute atomic E-state index is 11.7. The molecule has 106 valence electrons. The average Bonchev–Trinajstić information content (AvgIpc) is 2.85. The molecule has 6 heteroatoms. The standard InChI is InChI=1S/C15H11ClN2O3/c1-21-14(19)10-4-2-3-9(13(10)16)8-5-6-11-12(7-8)18-15(20)17-11/h2-8H,1H3,(H,18,20). The summed E-state index contributed by atoms with van der Waals surface area (Å²) in [5, 5.41) is 3.00. The van der Waals surface area contributed by atoms with Crippen molar-refractivity contribution < 1.29 is 14.3 Å². The van der Waals surface area contributed by atoms with E-state index in [1.165, 1.54) is 7.11 Å². The van der Waals surface area contributed by atoms with E-state index in [0.717, 1.165) is 5.56 Å². The number of halogens is 1. The first-order valence-corrected chi connectivity index (χ1v) is 6.64. The molecule has 1 aromatic carbocycles. The van der Waals surface area contributed by atoms with Gasteiger partial charge in [0.2, 0.25) is 0 Å². The Hall–Kier alpha value is -2.40. The summed E-state index contributed by atoms with van der Waals surface area (Å²) in [7, 11) is 1.31. The van der Waals surface area contributed by atoms with Gasteiger partial charge >= 0.3 is 12.0 Å². The summed E-state index contributed by atoms with van der Waals surface area (Å²) in [5.74, 6) is -0.625. The fourth-order valence-corrected chi connectivity index (χ4v) is 2.66. The quantitative estimate of drug-likeness (QED) is 0.854. The summed E-state index contributed by atoms with van der Waals surface area (Å²) in [6, 6.07) is 4.81. The van der Waals surface area contributed by atoms with Gasteiger partial charge in [-0.1, -0.05) is 29.8 Å². The molecule has 0 aromatic heterocycles. The molecule has 5 nitrogen and oxygen atoms in total. The van der Waals surface area contributed by atoms with E-state index in [0.29, 0.717) is 22.0 Å². The summed E-state index contributed by atoms with van der Waals surface area (Å²) in [6.45, 7) is 0. The zero-order valence-corrected chi connectivity index (χ0v) is 11.8. The lowest BCUT2D eigenvalue weighted by molar-refractivity contribution is 0.0601. The number of benzene rings is 1. The number of nitrogens with one attached hydrogen (secondary N) is 1. The fraction of sp³-hybridized carbons (Fsp3) is 0.133. The molecule has 21 heavy (non-hydrogen) atoms. The van der Waals surface area contributed by atoms with Gasteiger partial charge in [0.15, 0.2) is 0 Å². The Kier molecular flexibility index (Phi) is 3.35. The van der Waals surface area contributed by atoms with Gasteiger partial charge in [0, 0.05) is 5.92 Å². The Labute approximate surface area is 126 Å². The number of fused-ring (bicyclic) bond motifs is 1. The van der Waals surface area contributed by atoms with Gasteiger partial charge in [-0.25, -0.2) is 9.59 Å². The van der Waals surface area contributed by atoms with Gasteiger partial charge in [-0.2, -0.15) is 4.99 Å². The normalized spacial score (nSPS) is 19.5. The van der Waals surface area contributed by atoms with Crippen LogP contribution in [0, 0.1) is 0 Å². The zero-order valence-electron chi connectivity index (χ0n) is 11.1. The lowest BCUT2D eigenvalue weighted by Gasteiger charge is -2.17. The highest BCUT2D eigenvalue weighted by atomic mass is 35.5. The lowest BCUT2D eigenvalue weighted by atomic mass is 9.91. The van der Waals surface area contributed by atoms with E-state index in [-0.39, 0.29) is 11.9 Å². The van der Waals surface area contributed by atoms with Gasteiger partial charge in [0.05, 0.1) is 29.1 Å². The Morgan fingerprint density at radius 1 is 1.43 bits per heavy atom. The second-order valence-corrected chi connectivity index (χ2v) is 4.97. The second kappa shape index (κ2) is 5.18. The number of hydrogen-bond donors (Lipinski definition) is 1. The third kappa shape index (κ3) is 2.36. The maximum Gasteiger partial charge on any atom is 0.346 e. The van der Waals surface area contributed by atoms with E-state index < -0.39 is 5.97 Å². The number of carbonyl (C=O) groups excluding carboxylic acids is 2. The number of nitrogens with zero attached hydrogens (tertiary/aromatic N) is 1. The number of hydrogen-bond acceptors (Lipinski definition) is 3. The van der Waals surface area contributed by atoms with Crippen molar-refractivity contribution in [3.05, 3.63) is 58.3 Å². The number of urea groups is 1. The van der Waals surface area contributed by atoms with Crippen LogP contribution in [0.3, 0.4) is 0 Å². The Morgan fingerprint density at radius 3 is 3.00 bits per heavy atom. The number of carbonyl (C=O) groups is 2. The van der Waals surface area contributed by atoms with Crippen LogP contribution in [0.15, 0.2) is 47.1 Å². The van der Waals surface area contributed by atoms with E-state index in [2.05, 4.69) is 10.3 Å². The van der Waals surface area contributed by atoms with E-state index in [4.69, 9.17) is 16.3 Å². The first kappa shape index (κ1) is 13.6. The van der Waals surface area contributed by atoms with Crippen LogP contribution in [0.2, 0.25) is 5.02 Å². The molecule has 1 heterocycles. The smallest absolute Gasteiger partial charge is 0.346 e. The highest BCUT2D eigenvalue weighted by Crippen LogP contribution is 2.33. The van der Waals surface area contributed by atoms with Crippen molar-refractivity contribution in [3.63, 3.8) is 0 Å². The molecule has 1 aromatic rings. The number of amides is 2. The predicted molar refractivity (Wildman–Crippen MR) is 78.7 cm³/mol. The number of ether oxygens (including phenoxy) is 1. The van der Waals surface area contributed by atoms with Gasteiger partial charge in [-0.05, 0) is 23.8 Å². The average molecular weight is 303 g/mol. The molecular formula is C15H11ClN2O3. The molecule has 3 rings (SSSR count). The van der Waals surface area contributed by atoms with Gasteiger partial charge in [0.1, 0.15) is 0 Å². The summed E-state index contributed by atoms with van der Waals surface area (Å²) in [4.78, 5) is 26.7. The van der Waals surface area contributed by atoms with E-state index in [1.54, 1.807) is 18.2 Å². The Bertz CT molecular complexity index is 734. The SMILES string of the molecule is COC(=O)c1cccc(C2C=CC3=NC(=O)NC3=C2)c1Cl. The van der Waals surface area contributed by atoms with Gasteiger partial charge in [0.25, 0.3) is 0 Å². The van der Waals surface area contributed by atoms with Crippen LogP contribution in [-0.4, -0.2) is 24.8 Å². The molecule has 0 bridgehead atoms. The molecule has 0 saturated heterocycles. The van der Waals surface area contributed by atoms with Crippen molar-refractivity contribution in [2.45, 2.75) is 5.92 Å². The largest absolute Gasteiger partial charge is 0.465 e. The van der Waals surface area contributed by atoms with Gasteiger partial charge in [-0.15, -0.1) is 0 Å². The van der Waals surface area contributed by atoms with E-state index in [9.17, 15) is 9.59 Å². The number of esters is 1. The van der Waals surface area contributed by atoms with Crippen LogP contribution in [0.1, 0.15) is 21.8 Å². The monoisotopic (exact) mass is 302 g/mol. The summed E-state index contributed by atoms with van der Waals surface area (Å²) in [6.07, 6.45) is 5.50. The molecule has 1 N–H and O–H groups in total. The first-order chi connectivity index (χ1) is 10.1. The molecule has 1 atom stereocenters. The molecule has 2 aliphatic rings. The number of allylic oxidation sites excluding steroid dienone is 3. The molecule has 1 aliphatic heterocycles. The van der Waals surface area contributed by atoms with Gasteiger partial charge < -0.3 is 10.1 Å². The number of aliphatic imine (C=N–C) groups is 1. The fourth-order valence-electron chi connectivity index (χ4n) is 2.33. The minimum Gasteiger partial charge on any atom is -0.465 e. The van der Waals surface area contributed by atoms with Gasteiger partial charge in [-0.3, -0.25) is 0 Å². The third-order valence-electron chi connectivity index (χ3n) is 3.34. The van der Waals surface area contributed by atoms with Crippen molar-refractivity contribution in [2.24, 2.45) is 4.99 Å². The lowest BCUT2D eigenvalue weighted by Crippen LogP contribution is -2.17. The van der Waals surface area contributed by atoms with Crippen molar-refractivity contribution in [2.75, 3.05) is 7.11 Å². The van der Waals surface area contributed by atoms with E-state index in [1.807, 2.05) is 18.2 Å². The summed E-state index contributed by atoms with van der Waals surface area (Å²) < 4.78 is 4.71. The minimum atomic E-state index is -0.481. The maximum atomic E-state index is 11.7. The van der Waals surface area contributed by atoms with Crippen LogP contribution < -0.4 is 5.32 Å². The molecule has 0 spiro atoms. The molecule has 0 saturated carbocycles. The second-order valence-electron chi connectivity index (χ2n) is 4.59. The predicted octanol–water partition coefficient (Wildman–Crippen LogP) is 2.83. The highest BCUT2D eigenvalue weighted by Gasteiger charge is 2.24. The van der Waals surface area contributed by atoms with Crippen LogP contribution >= 0.6 is 11.6 Å². The molecule has 2 amide bonds.